The van der Waals surface area contributed by atoms with E-state index in [1.54, 1.807) is 23.9 Å². The molecule has 0 radical (unpaired) electrons. The summed E-state index contributed by atoms with van der Waals surface area (Å²) in [4.78, 5) is 9.28. The number of phenolic OH excluding ortho intramolecular Hbond substituents is 1. The van der Waals surface area contributed by atoms with Crippen molar-refractivity contribution in [2.45, 2.75) is 9.79 Å². The van der Waals surface area contributed by atoms with E-state index in [1.165, 1.54) is 21.2 Å². The van der Waals surface area contributed by atoms with Crippen LogP contribution in [0, 0.1) is 0 Å². The van der Waals surface area contributed by atoms with E-state index in [0.29, 0.717) is 0 Å². The van der Waals surface area contributed by atoms with Crippen LogP contribution in [-0.2, 0) is 0 Å². The Morgan fingerprint density at radius 2 is 1.67 bits per heavy atom. The zero-order chi connectivity index (χ0) is 16.5. The molecular formula is C20H16N2OS. The van der Waals surface area contributed by atoms with Gasteiger partial charge in [-0.2, -0.15) is 0 Å². The van der Waals surface area contributed by atoms with E-state index in [0.717, 1.165) is 11.3 Å². The number of aromatic hydroxyl groups is 1. The number of fused-ring (bicyclic) bond motifs is 2. The molecule has 24 heavy (non-hydrogen) atoms. The van der Waals surface area contributed by atoms with Crippen molar-refractivity contribution in [3.05, 3.63) is 72.3 Å². The molecule has 3 aromatic carbocycles. The molecule has 0 fully saturated rings. The first-order valence-corrected chi connectivity index (χ1v) is 8.50. The van der Waals surface area contributed by atoms with Crippen LogP contribution in [0.25, 0.3) is 0 Å². The van der Waals surface area contributed by atoms with Gasteiger partial charge in [-0.05, 0) is 60.2 Å². The van der Waals surface area contributed by atoms with Crippen LogP contribution in [0.5, 0.6) is 5.75 Å². The third-order valence-electron chi connectivity index (χ3n) is 4.01. The number of hydrogen-bond acceptors (Lipinski definition) is 4. The molecular weight excluding hydrogens is 316 g/mol. The minimum Gasteiger partial charge on any atom is -0.508 e. The Labute approximate surface area is 145 Å². The zero-order valence-corrected chi connectivity index (χ0v) is 14.0. The predicted octanol–water partition coefficient (Wildman–Crippen LogP) is 5.38. The Hall–Kier alpha value is -2.72. The minimum atomic E-state index is 0.262. The maximum Gasteiger partial charge on any atom is 0.115 e. The van der Waals surface area contributed by atoms with Gasteiger partial charge in [0, 0.05) is 23.1 Å². The molecule has 4 rings (SSSR count). The number of rotatable bonds is 2. The van der Waals surface area contributed by atoms with Crippen LogP contribution in [0.3, 0.4) is 0 Å². The van der Waals surface area contributed by atoms with Crippen molar-refractivity contribution in [1.29, 1.82) is 0 Å². The van der Waals surface area contributed by atoms with Crippen LogP contribution in [0.1, 0.15) is 5.56 Å². The summed E-state index contributed by atoms with van der Waals surface area (Å²) in [6.45, 7) is 0. The third-order valence-corrected chi connectivity index (χ3v) is 5.14. The minimum absolute atomic E-state index is 0.262. The van der Waals surface area contributed by atoms with Crippen LogP contribution < -0.4 is 4.90 Å². The molecule has 0 unspecified atom stereocenters. The van der Waals surface area contributed by atoms with Gasteiger partial charge in [-0.15, -0.1) is 0 Å². The molecule has 3 nitrogen and oxygen atoms in total. The van der Waals surface area contributed by atoms with Gasteiger partial charge >= 0.3 is 0 Å². The number of para-hydroxylation sites is 1. The van der Waals surface area contributed by atoms with Crippen molar-refractivity contribution in [2.75, 3.05) is 11.9 Å². The van der Waals surface area contributed by atoms with E-state index in [1.807, 2.05) is 24.4 Å². The summed E-state index contributed by atoms with van der Waals surface area (Å²) in [6, 6.07) is 21.7. The molecule has 0 spiro atoms. The maximum atomic E-state index is 9.33. The van der Waals surface area contributed by atoms with Gasteiger partial charge in [0.1, 0.15) is 5.75 Å². The third kappa shape index (κ3) is 2.76. The molecule has 4 heteroatoms. The number of hydrogen-bond donors (Lipinski definition) is 1. The summed E-state index contributed by atoms with van der Waals surface area (Å²) in [7, 11) is 2.09. The summed E-state index contributed by atoms with van der Waals surface area (Å²) in [6.07, 6.45) is 1.81. The van der Waals surface area contributed by atoms with Gasteiger partial charge in [0.25, 0.3) is 0 Å². The number of nitrogens with zero attached hydrogens (tertiary/aromatic N) is 2. The van der Waals surface area contributed by atoms with Gasteiger partial charge in [0.05, 0.1) is 17.1 Å². The van der Waals surface area contributed by atoms with Crippen LogP contribution >= 0.6 is 11.8 Å². The van der Waals surface area contributed by atoms with Crippen LogP contribution in [0.2, 0.25) is 0 Å². The number of anilines is 2. The maximum absolute atomic E-state index is 9.33. The second kappa shape index (κ2) is 6.06. The molecule has 1 aliphatic heterocycles. The highest BCUT2D eigenvalue weighted by Crippen LogP contribution is 2.48. The fraction of sp³-hybridized carbons (Fsp3) is 0.0500. The number of aliphatic imine (C=N–C) groups is 1. The zero-order valence-electron chi connectivity index (χ0n) is 13.2. The van der Waals surface area contributed by atoms with E-state index in [-0.39, 0.29) is 5.75 Å². The lowest BCUT2D eigenvalue weighted by Gasteiger charge is -2.29. The Balaban J connectivity index is 1.65. The highest BCUT2D eigenvalue weighted by Gasteiger charge is 2.20. The molecule has 0 atom stereocenters. The van der Waals surface area contributed by atoms with Crippen molar-refractivity contribution in [3.8, 4) is 5.75 Å². The van der Waals surface area contributed by atoms with Crippen molar-refractivity contribution >= 4 is 35.0 Å². The van der Waals surface area contributed by atoms with Crippen LogP contribution in [0.4, 0.5) is 17.1 Å². The fourth-order valence-corrected chi connectivity index (χ4v) is 3.84. The number of phenols is 1. The lowest BCUT2D eigenvalue weighted by Crippen LogP contribution is -2.14. The topological polar surface area (TPSA) is 35.8 Å². The van der Waals surface area contributed by atoms with Gasteiger partial charge in [0.15, 0.2) is 0 Å². The second-order valence-electron chi connectivity index (χ2n) is 5.63. The van der Waals surface area contributed by atoms with E-state index in [2.05, 4.69) is 53.3 Å². The Kier molecular flexibility index (Phi) is 3.75. The van der Waals surface area contributed by atoms with Crippen molar-refractivity contribution in [2.24, 2.45) is 4.99 Å². The molecule has 3 aromatic rings. The highest BCUT2D eigenvalue weighted by molar-refractivity contribution is 7.99. The normalized spacial score (nSPS) is 13.0. The molecule has 1 N–H and O–H groups in total. The van der Waals surface area contributed by atoms with Gasteiger partial charge in [-0.1, -0.05) is 23.9 Å². The quantitative estimate of drug-likeness (QED) is 0.640. The molecule has 1 aliphatic rings. The standard InChI is InChI=1S/C20H16N2OS/c1-22-17-4-2-3-5-19(17)24-20-11-8-15(12-18(20)22)21-13-14-6-9-16(23)10-7-14/h2-13,23H,1H3. The monoisotopic (exact) mass is 332 g/mol. The molecule has 0 amide bonds. The van der Waals surface area contributed by atoms with Gasteiger partial charge < -0.3 is 10.0 Å². The largest absolute Gasteiger partial charge is 0.508 e. The summed E-state index contributed by atoms with van der Waals surface area (Å²) in [5.74, 6) is 0.262. The van der Waals surface area contributed by atoms with Crippen molar-refractivity contribution in [3.63, 3.8) is 0 Å². The SMILES string of the molecule is CN1c2ccccc2Sc2ccc(N=Cc3ccc(O)cc3)cc21. The average molecular weight is 332 g/mol. The summed E-state index contributed by atoms with van der Waals surface area (Å²) in [5, 5.41) is 9.33. The van der Waals surface area contributed by atoms with Crippen LogP contribution in [0.15, 0.2) is 81.5 Å². The summed E-state index contributed by atoms with van der Waals surface area (Å²) >= 11 is 1.79. The van der Waals surface area contributed by atoms with E-state index < -0.39 is 0 Å². The Morgan fingerprint density at radius 1 is 0.917 bits per heavy atom. The molecule has 0 aliphatic carbocycles. The first-order valence-electron chi connectivity index (χ1n) is 7.68. The molecule has 0 saturated heterocycles. The van der Waals surface area contributed by atoms with Gasteiger partial charge in [-0.25, -0.2) is 0 Å². The predicted molar refractivity (Wildman–Crippen MR) is 100 cm³/mol. The number of benzene rings is 3. The first kappa shape index (κ1) is 14.8. The Bertz CT molecular complexity index is 919. The van der Waals surface area contributed by atoms with Crippen molar-refractivity contribution < 1.29 is 5.11 Å². The molecule has 0 aromatic heterocycles. The summed E-state index contributed by atoms with van der Waals surface area (Å²) < 4.78 is 0. The average Bonchev–Trinajstić information content (AvgIpc) is 2.62. The molecule has 0 saturated carbocycles. The van der Waals surface area contributed by atoms with E-state index >= 15 is 0 Å². The van der Waals surface area contributed by atoms with E-state index in [9.17, 15) is 5.11 Å². The lowest BCUT2D eigenvalue weighted by atomic mass is 10.2. The lowest BCUT2D eigenvalue weighted by molar-refractivity contribution is 0.475. The molecule has 1 heterocycles. The molecule has 118 valence electrons. The van der Waals surface area contributed by atoms with E-state index in [4.69, 9.17) is 0 Å². The molecule has 0 bridgehead atoms. The van der Waals surface area contributed by atoms with Gasteiger partial charge in [0.2, 0.25) is 0 Å². The second-order valence-corrected chi connectivity index (χ2v) is 6.71. The smallest absolute Gasteiger partial charge is 0.115 e. The summed E-state index contributed by atoms with van der Waals surface area (Å²) in [5.41, 5.74) is 4.25. The van der Waals surface area contributed by atoms with Crippen molar-refractivity contribution in [1.82, 2.24) is 0 Å². The van der Waals surface area contributed by atoms with Gasteiger partial charge in [-0.3, -0.25) is 4.99 Å². The Morgan fingerprint density at radius 3 is 2.50 bits per heavy atom. The van der Waals surface area contributed by atoms with Crippen LogP contribution in [-0.4, -0.2) is 18.4 Å². The highest BCUT2D eigenvalue weighted by atomic mass is 32.2. The fourth-order valence-electron chi connectivity index (χ4n) is 2.71. The first-order chi connectivity index (χ1) is 11.7.